The fraction of sp³-hybridized carbons (Fsp3) is 0.571. The van der Waals surface area contributed by atoms with Crippen molar-refractivity contribution in [1.82, 2.24) is 15.1 Å². The van der Waals surface area contributed by atoms with E-state index in [9.17, 15) is 0 Å². The Morgan fingerprint density at radius 2 is 2.00 bits per heavy atom. The van der Waals surface area contributed by atoms with E-state index in [2.05, 4.69) is 52.5 Å². The Hall–Kier alpha value is -0.900. The summed E-state index contributed by atoms with van der Waals surface area (Å²) in [5.41, 5.74) is 1.42. The summed E-state index contributed by atoms with van der Waals surface area (Å²) in [5, 5.41) is 3.28. The average Bonchev–Trinajstić information content (AvgIpc) is 2.35. The molecule has 0 amide bonds. The normalized spacial score (nSPS) is 22.8. The molecule has 0 aliphatic carbocycles. The molecule has 0 radical (unpaired) electrons. The van der Waals surface area contributed by atoms with Crippen molar-refractivity contribution in [3.05, 3.63) is 35.9 Å². The highest BCUT2D eigenvalue weighted by atomic mass is 15.3. The zero-order valence-electron chi connectivity index (χ0n) is 10.9. The predicted molar refractivity (Wildman–Crippen MR) is 72.1 cm³/mol. The molecule has 94 valence electrons. The molecule has 1 fully saturated rings. The molecular formula is C14H23N3. The molecule has 1 unspecified atom stereocenters. The van der Waals surface area contributed by atoms with Crippen molar-refractivity contribution in [2.45, 2.75) is 12.6 Å². The number of likely N-dealkylation sites (N-methyl/N-ethyl adjacent to an activating group) is 2. The lowest BCUT2D eigenvalue weighted by molar-refractivity contribution is 0.0910. The summed E-state index contributed by atoms with van der Waals surface area (Å²) in [6.07, 6.45) is 0. The first-order valence-electron chi connectivity index (χ1n) is 6.40. The van der Waals surface area contributed by atoms with E-state index < -0.39 is 0 Å². The van der Waals surface area contributed by atoms with E-state index in [1.54, 1.807) is 0 Å². The summed E-state index contributed by atoms with van der Waals surface area (Å²) in [7, 11) is 4.26. The topological polar surface area (TPSA) is 18.5 Å². The van der Waals surface area contributed by atoms with Gasteiger partial charge in [0.2, 0.25) is 0 Å². The molecule has 1 aliphatic heterocycles. The summed E-state index contributed by atoms with van der Waals surface area (Å²) in [5.74, 6) is 0. The van der Waals surface area contributed by atoms with Gasteiger partial charge in [0.25, 0.3) is 0 Å². The first-order chi connectivity index (χ1) is 8.29. The third-order valence-electron chi connectivity index (χ3n) is 3.55. The van der Waals surface area contributed by atoms with Gasteiger partial charge >= 0.3 is 0 Å². The fourth-order valence-corrected chi connectivity index (χ4v) is 2.45. The van der Waals surface area contributed by atoms with Crippen molar-refractivity contribution in [2.24, 2.45) is 0 Å². The second kappa shape index (κ2) is 6.15. The molecule has 1 aromatic carbocycles. The van der Waals surface area contributed by atoms with Crippen LogP contribution in [0.5, 0.6) is 0 Å². The lowest BCUT2D eigenvalue weighted by atomic mass is 10.1. The highest BCUT2D eigenvalue weighted by Crippen LogP contribution is 2.11. The van der Waals surface area contributed by atoms with E-state index >= 15 is 0 Å². The molecule has 0 bridgehead atoms. The van der Waals surface area contributed by atoms with Crippen molar-refractivity contribution in [2.75, 3.05) is 40.3 Å². The standard InChI is InChI=1S/C14H23N3/c1-15-10-14-12-17(9-8-16(14)2)11-13-6-4-3-5-7-13/h3-7,14-15H,8-12H2,1-2H3. The molecule has 1 saturated heterocycles. The smallest absolute Gasteiger partial charge is 0.0345 e. The molecule has 3 heteroatoms. The average molecular weight is 233 g/mol. The van der Waals surface area contributed by atoms with Crippen molar-refractivity contribution >= 4 is 0 Å². The highest BCUT2D eigenvalue weighted by Gasteiger charge is 2.23. The van der Waals surface area contributed by atoms with Gasteiger partial charge in [0.15, 0.2) is 0 Å². The monoisotopic (exact) mass is 233 g/mol. The first-order valence-corrected chi connectivity index (χ1v) is 6.40. The van der Waals surface area contributed by atoms with Crippen LogP contribution in [0.15, 0.2) is 30.3 Å². The van der Waals surface area contributed by atoms with Crippen LogP contribution in [-0.2, 0) is 6.54 Å². The van der Waals surface area contributed by atoms with Gasteiger partial charge in [-0.25, -0.2) is 0 Å². The summed E-state index contributed by atoms with van der Waals surface area (Å²) < 4.78 is 0. The number of benzene rings is 1. The summed E-state index contributed by atoms with van der Waals surface area (Å²) in [6, 6.07) is 11.4. The third-order valence-corrected chi connectivity index (χ3v) is 3.55. The number of hydrogen-bond donors (Lipinski definition) is 1. The van der Waals surface area contributed by atoms with Gasteiger partial charge in [-0.05, 0) is 19.7 Å². The first kappa shape index (κ1) is 12.6. The number of nitrogens with one attached hydrogen (secondary N) is 1. The van der Waals surface area contributed by atoms with Gasteiger partial charge in [0, 0.05) is 38.8 Å². The lowest BCUT2D eigenvalue weighted by Gasteiger charge is -2.39. The number of nitrogens with zero attached hydrogens (tertiary/aromatic N) is 2. The van der Waals surface area contributed by atoms with E-state index in [0.29, 0.717) is 6.04 Å². The Morgan fingerprint density at radius 3 is 2.71 bits per heavy atom. The van der Waals surface area contributed by atoms with Crippen molar-refractivity contribution < 1.29 is 0 Å². The van der Waals surface area contributed by atoms with Crippen LogP contribution < -0.4 is 5.32 Å². The molecule has 0 aromatic heterocycles. The SMILES string of the molecule is CNCC1CN(Cc2ccccc2)CCN1C. The van der Waals surface area contributed by atoms with Gasteiger partial charge < -0.3 is 5.32 Å². The van der Waals surface area contributed by atoms with Gasteiger partial charge in [-0.2, -0.15) is 0 Å². The summed E-state index contributed by atoms with van der Waals surface area (Å²) in [4.78, 5) is 5.01. The molecule has 1 heterocycles. The summed E-state index contributed by atoms with van der Waals surface area (Å²) in [6.45, 7) is 5.65. The van der Waals surface area contributed by atoms with Crippen molar-refractivity contribution in [1.29, 1.82) is 0 Å². The van der Waals surface area contributed by atoms with Gasteiger partial charge in [0.05, 0.1) is 0 Å². The molecule has 1 N–H and O–H groups in total. The second-order valence-electron chi connectivity index (χ2n) is 4.91. The Balaban J connectivity index is 1.90. The van der Waals surface area contributed by atoms with Gasteiger partial charge in [-0.1, -0.05) is 30.3 Å². The van der Waals surface area contributed by atoms with Crippen LogP contribution in [0.4, 0.5) is 0 Å². The predicted octanol–water partition coefficient (Wildman–Crippen LogP) is 1.02. The maximum absolute atomic E-state index is 3.28. The van der Waals surface area contributed by atoms with Crippen LogP contribution >= 0.6 is 0 Å². The quantitative estimate of drug-likeness (QED) is 0.838. The number of piperazine rings is 1. The van der Waals surface area contributed by atoms with Crippen molar-refractivity contribution in [3.8, 4) is 0 Å². The second-order valence-corrected chi connectivity index (χ2v) is 4.91. The zero-order chi connectivity index (χ0) is 12.1. The van der Waals surface area contributed by atoms with E-state index in [4.69, 9.17) is 0 Å². The van der Waals surface area contributed by atoms with Crippen LogP contribution in [0, 0.1) is 0 Å². The Labute approximate surface area is 104 Å². The highest BCUT2D eigenvalue weighted by molar-refractivity contribution is 5.14. The molecule has 1 aliphatic rings. The van der Waals surface area contributed by atoms with Crippen LogP contribution in [0.3, 0.4) is 0 Å². The Kier molecular flexibility index (Phi) is 4.54. The van der Waals surface area contributed by atoms with Crippen LogP contribution in [0.1, 0.15) is 5.56 Å². The minimum atomic E-state index is 0.637. The third kappa shape index (κ3) is 3.53. The Morgan fingerprint density at radius 1 is 1.24 bits per heavy atom. The molecule has 0 spiro atoms. The molecule has 1 aromatic rings. The molecule has 0 saturated carbocycles. The van der Waals surface area contributed by atoms with E-state index in [1.807, 2.05) is 7.05 Å². The minimum absolute atomic E-state index is 0.637. The molecule has 2 rings (SSSR count). The van der Waals surface area contributed by atoms with Crippen LogP contribution in [0.2, 0.25) is 0 Å². The van der Waals surface area contributed by atoms with E-state index in [-0.39, 0.29) is 0 Å². The largest absolute Gasteiger partial charge is 0.318 e. The fourth-order valence-electron chi connectivity index (χ4n) is 2.45. The van der Waals surface area contributed by atoms with E-state index in [0.717, 1.165) is 19.6 Å². The lowest BCUT2D eigenvalue weighted by Crippen LogP contribution is -2.54. The van der Waals surface area contributed by atoms with Crippen LogP contribution in [0.25, 0.3) is 0 Å². The number of rotatable bonds is 4. The van der Waals surface area contributed by atoms with Crippen molar-refractivity contribution in [3.63, 3.8) is 0 Å². The van der Waals surface area contributed by atoms with Gasteiger partial charge in [-0.15, -0.1) is 0 Å². The maximum Gasteiger partial charge on any atom is 0.0345 e. The summed E-state index contributed by atoms with van der Waals surface area (Å²) >= 11 is 0. The number of hydrogen-bond acceptors (Lipinski definition) is 3. The Bertz CT molecular complexity index is 325. The minimum Gasteiger partial charge on any atom is -0.318 e. The maximum atomic E-state index is 3.28. The molecule has 3 nitrogen and oxygen atoms in total. The zero-order valence-corrected chi connectivity index (χ0v) is 10.9. The van der Waals surface area contributed by atoms with E-state index in [1.165, 1.54) is 18.7 Å². The molecule has 1 atom stereocenters. The van der Waals surface area contributed by atoms with Gasteiger partial charge in [-0.3, -0.25) is 9.80 Å². The molecular weight excluding hydrogens is 210 g/mol. The van der Waals surface area contributed by atoms with Crippen LogP contribution in [-0.4, -0.2) is 56.1 Å². The molecule has 17 heavy (non-hydrogen) atoms. The van der Waals surface area contributed by atoms with Gasteiger partial charge in [0.1, 0.15) is 0 Å².